The van der Waals surface area contributed by atoms with Crippen molar-refractivity contribution in [2.45, 2.75) is 38.3 Å². The van der Waals surface area contributed by atoms with Crippen LogP contribution in [-0.2, 0) is 14.4 Å². The quantitative estimate of drug-likeness (QED) is 0.567. The molecular weight excluding hydrogens is 236 g/mol. The van der Waals surface area contributed by atoms with E-state index in [4.69, 9.17) is 11.0 Å². The molecule has 0 aromatic rings. The summed E-state index contributed by atoms with van der Waals surface area (Å²) in [6.07, 6.45) is 0.871. The summed E-state index contributed by atoms with van der Waals surface area (Å²) in [5.74, 6) is -1.69. The smallest absolute Gasteiger partial charge is 0.243 e. The molecule has 1 aliphatic rings. The summed E-state index contributed by atoms with van der Waals surface area (Å²) in [4.78, 5) is 33.9. The van der Waals surface area contributed by atoms with E-state index in [9.17, 15) is 14.4 Å². The van der Waals surface area contributed by atoms with Crippen LogP contribution < -0.4 is 16.4 Å². The van der Waals surface area contributed by atoms with Crippen molar-refractivity contribution < 1.29 is 14.4 Å². The number of primary amides is 1. The predicted octanol–water partition coefficient (Wildman–Crippen LogP) is -1.22. The Morgan fingerprint density at radius 1 is 1.67 bits per heavy atom. The number of hydrogen-bond donors (Lipinski definition) is 3. The lowest BCUT2D eigenvalue weighted by Gasteiger charge is -2.18. The first kappa shape index (κ1) is 14.0. The van der Waals surface area contributed by atoms with Crippen molar-refractivity contribution in [1.29, 1.82) is 5.26 Å². The van der Waals surface area contributed by atoms with Gasteiger partial charge in [-0.2, -0.15) is 5.26 Å². The third-order valence-corrected chi connectivity index (χ3v) is 2.78. The van der Waals surface area contributed by atoms with E-state index >= 15 is 0 Å². The van der Waals surface area contributed by atoms with Gasteiger partial charge in [-0.05, 0) is 19.8 Å². The molecular formula is C11H16N4O3. The largest absolute Gasteiger partial charge is 0.368 e. The van der Waals surface area contributed by atoms with Crippen molar-refractivity contribution in [3.63, 3.8) is 0 Å². The molecule has 0 aromatic carbocycles. The Morgan fingerprint density at radius 3 is 2.78 bits per heavy atom. The van der Waals surface area contributed by atoms with Crippen LogP contribution in [0, 0.1) is 17.2 Å². The molecule has 0 bridgehead atoms. The van der Waals surface area contributed by atoms with Gasteiger partial charge >= 0.3 is 0 Å². The molecule has 4 N–H and O–H groups in total. The molecule has 1 rings (SSSR count). The summed E-state index contributed by atoms with van der Waals surface area (Å²) < 4.78 is 0. The third kappa shape index (κ3) is 3.73. The average molecular weight is 252 g/mol. The molecule has 98 valence electrons. The van der Waals surface area contributed by atoms with Crippen LogP contribution in [0.4, 0.5) is 0 Å². The van der Waals surface area contributed by atoms with Crippen molar-refractivity contribution >= 4 is 17.7 Å². The van der Waals surface area contributed by atoms with Gasteiger partial charge in [0.1, 0.15) is 12.1 Å². The minimum atomic E-state index is -0.885. The highest BCUT2D eigenvalue weighted by atomic mass is 16.2. The van der Waals surface area contributed by atoms with Gasteiger partial charge in [0.25, 0.3) is 0 Å². The molecule has 1 heterocycles. The number of hydrogen-bond acceptors (Lipinski definition) is 4. The molecule has 0 aliphatic carbocycles. The number of nitrogens with two attached hydrogens (primary N) is 1. The number of nitriles is 1. The van der Waals surface area contributed by atoms with Gasteiger partial charge in [-0.1, -0.05) is 0 Å². The summed E-state index contributed by atoms with van der Waals surface area (Å²) in [7, 11) is 0. The van der Waals surface area contributed by atoms with Gasteiger partial charge in [0.05, 0.1) is 6.07 Å². The van der Waals surface area contributed by atoms with Crippen LogP contribution in [0.15, 0.2) is 0 Å². The van der Waals surface area contributed by atoms with Gasteiger partial charge in [-0.15, -0.1) is 0 Å². The molecule has 3 amide bonds. The lowest BCUT2D eigenvalue weighted by atomic mass is 10.0. The highest BCUT2D eigenvalue weighted by Crippen LogP contribution is 2.09. The number of nitrogens with one attached hydrogen (secondary N) is 2. The van der Waals surface area contributed by atoms with Crippen LogP contribution in [0.3, 0.4) is 0 Å². The first-order valence-corrected chi connectivity index (χ1v) is 5.72. The molecule has 0 saturated carbocycles. The Labute approximate surface area is 105 Å². The molecule has 3 atom stereocenters. The van der Waals surface area contributed by atoms with Gasteiger partial charge in [-0.25, -0.2) is 0 Å². The van der Waals surface area contributed by atoms with Crippen LogP contribution in [0.25, 0.3) is 0 Å². The Hall–Kier alpha value is -2.10. The SMILES string of the molecule is C[C@H](C#N)C[C@@H](NC(=O)[C@@H]1CCC(=O)N1)C(N)=O. The lowest BCUT2D eigenvalue weighted by Crippen LogP contribution is -2.51. The molecule has 18 heavy (non-hydrogen) atoms. The topological polar surface area (TPSA) is 125 Å². The first-order chi connectivity index (χ1) is 8.43. The van der Waals surface area contributed by atoms with Crippen LogP contribution in [0.1, 0.15) is 26.2 Å². The molecule has 1 saturated heterocycles. The maximum Gasteiger partial charge on any atom is 0.243 e. The molecule has 0 unspecified atom stereocenters. The van der Waals surface area contributed by atoms with Gasteiger partial charge in [0.2, 0.25) is 17.7 Å². The highest BCUT2D eigenvalue weighted by molar-refractivity contribution is 5.93. The van der Waals surface area contributed by atoms with E-state index < -0.39 is 23.9 Å². The monoisotopic (exact) mass is 252 g/mol. The van der Waals surface area contributed by atoms with Gasteiger partial charge in [0.15, 0.2) is 0 Å². The standard InChI is InChI=1S/C11H16N4O3/c1-6(5-12)4-8(10(13)17)15-11(18)7-2-3-9(16)14-7/h6-8H,2-4H2,1H3,(H2,13,17)(H,14,16)(H,15,18)/t6-,7-,8+/m0/s1. The zero-order chi connectivity index (χ0) is 13.7. The second kappa shape index (κ2) is 6.00. The fraction of sp³-hybridized carbons (Fsp3) is 0.636. The number of nitrogens with zero attached hydrogens (tertiary/aromatic N) is 1. The van der Waals surface area contributed by atoms with E-state index in [0.717, 1.165) is 0 Å². The van der Waals surface area contributed by atoms with E-state index in [1.807, 2.05) is 6.07 Å². The third-order valence-electron chi connectivity index (χ3n) is 2.78. The number of amides is 3. The second-order valence-corrected chi connectivity index (χ2v) is 4.39. The summed E-state index contributed by atoms with van der Waals surface area (Å²) in [5.41, 5.74) is 5.16. The Bertz CT molecular complexity index is 402. The fourth-order valence-electron chi connectivity index (χ4n) is 1.74. The van der Waals surface area contributed by atoms with Gasteiger partial charge < -0.3 is 16.4 Å². The number of carbonyl (C=O) groups excluding carboxylic acids is 3. The Kier molecular flexibility index (Phi) is 4.66. The van der Waals surface area contributed by atoms with Crippen molar-refractivity contribution in [3.8, 4) is 6.07 Å². The van der Waals surface area contributed by atoms with E-state index in [1.165, 1.54) is 0 Å². The number of rotatable bonds is 5. The normalized spacial score (nSPS) is 21.6. The molecule has 1 aliphatic heterocycles. The van der Waals surface area contributed by atoms with Crippen molar-refractivity contribution in [1.82, 2.24) is 10.6 Å². The highest BCUT2D eigenvalue weighted by Gasteiger charge is 2.30. The fourth-order valence-corrected chi connectivity index (χ4v) is 1.74. The summed E-state index contributed by atoms with van der Waals surface area (Å²) in [6, 6.07) is 0.473. The predicted molar refractivity (Wildman–Crippen MR) is 61.7 cm³/mol. The summed E-state index contributed by atoms with van der Waals surface area (Å²) in [5, 5.41) is 13.6. The van der Waals surface area contributed by atoms with E-state index in [0.29, 0.717) is 12.8 Å². The van der Waals surface area contributed by atoms with Crippen LogP contribution in [-0.4, -0.2) is 29.8 Å². The zero-order valence-electron chi connectivity index (χ0n) is 10.1. The molecule has 0 aromatic heterocycles. The second-order valence-electron chi connectivity index (χ2n) is 4.39. The molecule has 0 spiro atoms. The van der Waals surface area contributed by atoms with Crippen LogP contribution >= 0.6 is 0 Å². The molecule has 1 fully saturated rings. The molecule has 7 nitrogen and oxygen atoms in total. The minimum Gasteiger partial charge on any atom is -0.368 e. The number of carbonyl (C=O) groups is 3. The summed E-state index contributed by atoms with van der Waals surface area (Å²) >= 11 is 0. The lowest BCUT2D eigenvalue weighted by molar-refractivity contribution is -0.129. The van der Waals surface area contributed by atoms with Crippen LogP contribution in [0.2, 0.25) is 0 Å². The Morgan fingerprint density at radius 2 is 2.33 bits per heavy atom. The van der Waals surface area contributed by atoms with Crippen molar-refractivity contribution in [2.24, 2.45) is 11.7 Å². The van der Waals surface area contributed by atoms with E-state index in [-0.39, 0.29) is 18.2 Å². The zero-order valence-corrected chi connectivity index (χ0v) is 10.1. The maximum absolute atomic E-state index is 11.8. The van der Waals surface area contributed by atoms with Gasteiger partial charge in [0, 0.05) is 12.3 Å². The first-order valence-electron chi connectivity index (χ1n) is 5.72. The Balaban J connectivity index is 2.56. The van der Waals surface area contributed by atoms with Crippen molar-refractivity contribution in [2.75, 3.05) is 0 Å². The summed E-state index contributed by atoms with van der Waals surface area (Å²) in [6.45, 7) is 1.64. The maximum atomic E-state index is 11.8. The van der Waals surface area contributed by atoms with E-state index in [1.54, 1.807) is 6.92 Å². The van der Waals surface area contributed by atoms with Gasteiger partial charge in [-0.3, -0.25) is 14.4 Å². The molecule has 7 heteroatoms. The minimum absolute atomic E-state index is 0.165. The van der Waals surface area contributed by atoms with Crippen LogP contribution in [0.5, 0.6) is 0 Å². The average Bonchev–Trinajstić information content (AvgIpc) is 2.74. The molecule has 0 radical (unpaired) electrons. The van der Waals surface area contributed by atoms with Crippen molar-refractivity contribution in [3.05, 3.63) is 0 Å². The van der Waals surface area contributed by atoms with E-state index in [2.05, 4.69) is 10.6 Å².